The van der Waals surface area contributed by atoms with Crippen molar-refractivity contribution in [3.63, 3.8) is 0 Å². The molecule has 0 saturated carbocycles. The van der Waals surface area contributed by atoms with Gasteiger partial charge in [0.2, 0.25) is 5.91 Å². The van der Waals surface area contributed by atoms with E-state index in [0.29, 0.717) is 29.5 Å². The average molecular weight is 510 g/mol. The van der Waals surface area contributed by atoms with Crippen molar-refractivity contribution in [2.24, 2.45) is 0 Å². The van der Waals surface area contributed by atoms with E-state index in [1.807, 2.05) is 23.1 Å². The number of nitrogens with zero attached hydrogens (tertiary/aromatic N) is 2. The lowest BCUT2D eigenvalue weighted by Crippen LogP contribution is -2.39. The van der Waals surface area contributed by atoms with Crippen LogP contribution in [0.4, 0.5) is 4.39 Å². The number of halogens is 1. The van der Waals surface area contributed by atoms with Gasteiger partial charge in [0, 0.05) is 32.0 Å². The monoisotopic (exact) mass is 509 g/mol. The Hall–Kier alpha value is -3.30. The van der Waals surface area contributed by atoms with Gasteiger partial charge in [-0.05, 0) is 60.2 Å². The Labute approximate surface area is 213 Å². The molecule has 1 N–H and O–H groups in total. The van der Waals surface area contributed by atoms with Crippen molar-refractivity contribution >= 4 is 23.2 Å². The highest BCUT2D eigenvalue weighted by Crippen LogP contribution is 2.37. The molecule has 0 spiro atoms. The number of amides is 2. The van der Waals surface area contributed by atoms with Crippen LogP contribution in [0.3, 0.4) is 0 Å². The Bertz CT molecular complexity index is 1240. The minimum atomic E-state index is -0.315. The van der Waals surface area contributed by atoms with E-state index in [1.54, 1.807) is 24.4 Å². The second-order valence-electron chi connectivity index (χ2n) is 9.04. The number of thiazole rings is 1. The van der Waals surface area contributed by atoms with Crippen LogP contribution in [0.2, 0.25) is 0 Å². The fourth-order valence-corrected chi connectivity index (χ4v) is 5.44. The summed E-state index contributed by atoms with van der Waals surface area (Å²) in [5.41, 5.74) is 3.32. The molecular formula is C27H28FN3O4S. The van der Waals surface area contributed by atoms with Gasteiger partial charge in [-0.15, -0.1) is 11.3 Å². The van der Waals surface area contributed by atoms with Gasteiger partial charge in [-0.3, -0.25) is 9.59 Å². The first-order chi connectivity index (χ1) is 17.5. The molecule has 188 valence electrons. The van der Waals surface area contributed by atoms with Crippen LogP contribution >= 0.6 is 11.3 Å². The fraction of sp³-hybridized carbons (Fsp3) is 0.370. The van der Waals surface area contributed by atoms with Gasteiger partial charge >= 0.3 is 0 Å². The lowest BCUT2D eigenvalue weighted by Gasteiger charge is -2.37. The summed E-state index contributed by atoms with van der Waals surface area (Å²) in [5.74, 6) is 0.0816. The second kappa shape index (κ2) is 10.8. The number of carbonyl (C=O) groups excluding carboxylic acids is 2. The highest BCUT2D eigenvalue weighted by Gasteiger charge is 2.31. The number of ether oxygens (including phenoxy) is 2. The maximum Gasteiger partial charge on any atom is 0.270 e. The predicted octanol–water partition coefficient (Wildman–Crippen LogP) is 4.26. The van der Waals surface area contributed by atoms with Crippen molar-refractivity contribution in [3.05, 3.63) is 81.1 Å². The van der Waals surface area contributed by atoms with Gasteiger partial charge in [-0.1, -0.05) is 18.2 Å². The maximum atomic E-state index is 13.6. The lowest BCUT2D eigenvalue weighted by atomic mass is 9.88. The SMILES string of the molecule is CC(=O)N1CCc2ccc(OCc3nc(C(=O)NC[C@H]4CCCO4)cs3)cc2[C@@H]1c1ccc(F)cc1. The van der Waals surface area contributed by atoms with E-state index in [1.165, 1.54) is 23.5 Å². The molecule has 0 radical (unpaired) electrons. The highest BCUT2D eigenvalue weighted by molar-refractivity contribution is 7.09. The van der Waals surface area contributed by atoms with Crippen LogP contribution in [0.15, 0.2) is 47.8 Å². The standard InChI is InChI=1S/C27H28FN3O4S/c1-17(32)31-11-10-18-6-9-21(13-23(18)26(31)19-4-7-20(28)8-5-19)35-15-25-30-24(16-36-25)27(33)29-14-22-3-2-12-34-22/h4-9,13,16,22,26H,2-3,10-12,14-15H2,1H3,(H,29,33)/t22-,26+/m1/s1. The summed E-state index contributed by atoms with van der Waals surface area (Å²) < 4.78 is 25.1. The van der Waals surface area contributed by atoms with Crippen molar-refractivity contribution < 1.29 is 23.5 Å². The van der Waals surface area contributed by atoms with E-state index in [4.69, 9.17) is 9.47 Å². The number of hydrogen-bond acceptors (Lipinski definition) is 6. The summed E-state index contributed by atoms with van der Waals surface area (Å²) in [7, 11) is 0. The van der Waals surface area contributed by atoms with Gasteiger partial charge in [-0.2, -0.15) is 0 Å². The van der Waals surface area contributed by atoms with E-state index < -0.39 is 0 Å². The molecular weight excluding hydrogens is 481 g/mol. The topological polar surface area (TPSA) is 80.8 Å². The van der Waals surface area contributed by atoms with Crippen molar-refractivity contribution in [1.29, 1.82) is 0 Å². The molecule has 0 bridgehead atoms. The van der Waals surface area contributed by atoms with E-state index in [0.717, 1.165) is 42.6 Å². The molecule has 2 aliphatic heterocycles. The zero-order valence-electron chi connectivity index (χ0n) is 20.0. The third-order valence-corrected chi connectivity index (χ3v) is 7.42. The second-order valence-corrected chi connectivity index (χ2v) is 9.98. The Morgan fingerprint density at radius 3 is 2.83 bits per heavy atom. The molecule has 2 aliphatic rings. The van der Waals surface area contributed by atoms with Crippen LogP contribution in [0.5, 0.6) is 5.75 Å². The van der Waals surface area contributed by atoms with Gasteiger partial charge in [0.15, 0.2) is 0 Å². The largest absolute Gasteiger partial charge is 0.486 e. The molecule has 3 heterocycles. The Balaban J connectivity index is 1.28. The van der Waals surface area contributed by atoms with Crippen molar-refractivity contribution in [3.8, 4) is 5.75 Å². The van der Waals surface area contributed by atoms with Gasteiger partial charge < -0.3 is 19.7 Å². The minimum absolute atomic E-state index is 0.0330. The first-order valence-corrected chi connectivity index (χ1v) is 13.0. The van der Waals surface area contributed by atoms with E-state index in [2.05, 4.69) is 10.3 Å². The van der Waals surface area contributed by atoms with Gasteiger partial charge in [0.05, 0.1) is 12.1 Å². The number of hydrogen-bond donors (Lipinski definition) is 1. The first kappa shape index (κ1) is 24.4. The maximum absolute atomic E-state index is 13.6. The van der Waals surface area contributed by atoms with E-state index >= 15 is 0 Å². The van der Waals surface area contributed by atoms with Crippen molar-refractivity contribution in [2.75, 3.05) is 19.7 Å². The third kappa shape index (κ3) is 5.42. The first-order valence-electron chi connectivity index (χ1n) is 12.1. The van der Waals surface area contributed by atoms with Crippen LogP contribution in [0.25, 0.3) is 0 Å². The Morgan fingerprint density at radius 1 is 1.25 bits per heavy atom. The molecule has 0 aliphatic carbocycles. The molecule has 1 saturated heterocycles. The van der Waals surface area contributed by atoms with Crippen LogP contribution in [-0.2, 0) is 22.6 Å². The number of benzene rings is 2. The van der Waals surface area contributed by atoms with Crippen molar-refractivity contribution in [2.45, 2.75) is 44.9 Å². The average Bonchev–Trinajstić information content (AvgIpc) is 3.58. The molecule has 1 aromatic heterocycles. The molecule has 5 rings (SSSR count). The zero-order chi connectivity index (χ0) is 25.1. The fourth-order valence-electron chi connectivity index (χ4n) is 4.76. The number of carbonyl (C=O) groups is 2. The van der Waals surface area contributed by atoms with E-state index in [-0.39, 0.29) is 36.4 Å². The molecule has 7 nitrogen and oxygen atoms in total. The van der Waals surface area contributed by atoms with Crippen LogP contribution < -0.4 is 10.1 Å². The number of fused-ring (bicyclic) bond motifs is 1. The normalized spacial score (nSPS) is 19.1. The third-order valence-electron chi connectivity index (χ3n) is 6.60. The van der Waals surface area contributed by atoms with Gasteiger partial charge in [-0.25, -0.2) is 9.37 Å². The summed E-state index contributed by atoms with van der Waals surface area (Å²) in [6.45, 7) is 3.61. The Kier molecular flexibility index (Phi) is 7.29. The summed E-state index contributed by atoms with van der Waals surface area (Å²) in [6, 6.07) is 11.8. The van der Waals surface area contributed by atoms with E-state index in [9.17, 15) is 14.0 Å². The lowest BCUT2D eigenvalue weighted by molar-refractivity contribution is -0.130. The molecule has 9 heteroatoms. The zero-order valence-corrected chi connectivity index (χ0v) is 20.9. The molecule has 2 atom stereocenters. The van der Waals surface area contributed by atoms with Crippen LogP contribution in [0.1, 0.15) is 58.0 Å². The summed E-state index contributed by atoms with van der Waals surface area (Å²) in [5, 5.41) is 5.30. The van der Waals surface area contributed by atoms with Crippen LogP contribution in [0, 0.1) is 5.82 Å². The van der Waals surface area contributed by atoms with Gasteiger partial charge in [0.1, 0.15) is 28.9 Å². The smallest absolute Gasteiger partial charge is 0.270 e. The number of nitrogens with one attached hydrogen (secondary N) is 1. The summed E-state index contributed by atoms with van der Waals surface area (Å²) in [4.78, 5) is 31.0. The molecule has 36 heavy (non-hydrogen) atoms. The predicted molar refractivity (Wildman–Crippen MR) is 134 cm³/mol. The minimum Gasteiger partial charge on any atom is -0.486 e. The number of aromatic nitrogens is 1. The molecule has 3 aromatic rings. The highest BCUT2D eigenvalue weighted by atomic mass is 32.1. The molecule has 0 unspecified atom stereocenters. The quantitative estimate of drug-likeness (QED) is 0.515. The number of rotatable bonds is 7. The van der Waals surface area contributed by atoms with Gasteiger partial charge in [0.25, 0.3) is 5.91 Å². The summed E-state index contributed by atoms with van der Waals surface area (Å²) in [6.07, 6.45) is 2.81. The Morgan fingerprint density at radius 2 is 2.08 bits per heavy atom. The summed E-state index contributed by atoms with van der Waals surface area (Å²) >= 11 is 1.37. The molecule has 2 aromatic carbocycles. The van der Waals surface area contributed by atoms with Crippen molar-refractivity contribution in [1.82, 2.24) is 15.2 Å². The molecule has 2 amide bonds. The van der Waals surface area contributed by atoms with Crippen LogP contribution in [-0.4, -0.2) is 47.5 Å². The molecule has 1 fully saturated rings.